The Bertz CT molecular complexity index is 1630. The molecule has 12 heteroatoms. The van der Waals surface area contributed by atoms with Crippen molar-refractivity contribution in [3.05, 3.63) is 48.6 Å². The normalized spacial score (nSPS) is 17.8. The zero-order valence-corrected chi connectivity index (χ0v) is 53.5. The lowest BCUT2D eigenvalue weighted by molar-refractivity contribution is -0.301. The van der Waals surface area contributed by atoms with Crippen LogP contribution in [0.4, 0.5) is 0 Å². The summed E-state index contributed by atoms with van der Waals surface area (Å²) in [5.41, 5.74) is 0. The molecule has 0 saturated carbocycles. The second kappa shape index (κ2) is 59.0. The fraction of sp³-hybridized carbons (Fsp3) is 0.831. The molecule has 6 atom stereocenters. The molecule has 12 nitrogen and oxygen atoms in total. The molecule has 0 aromatic rings. The van der Waals surface area contributed by atoms with Gasteiger partial charge in [0.25, 0.3) is 0 Å². The van der Waals surface area contributed by atoms with Crippen molar-refractivity contribution in [1.29, 1.82) is 0 Å². The van der Waals surface area contributed by atoms with Crippen LogP contribution in [-0.2, 0) is 42.9 Å². The van der Waals surface area contributed by atoms with Crippen molar-refractivity contribution < 1.29 is 58.2 Å². The van der Waals surface area contributed by atoms with Gasteiger partial charge >= 0.3 is 23.9 Å². The van der Waals surface area contributed by atoms with E-state index in [4.69, 9.17) is 23.7 Å². The third-order valence-electron chi connectivity index (χ3n) is 15.9. The van der Waals surface area contributed by atoms with E-state index in [-0.39, 0.29) is 25.9 Å². The number of aliphatic carboxylic acids is 1. The Labute approximate surface area is 507 Å². The number of carboxylic acids is 1. The molecule has 1 saturated heterocycles. The molecule has 0 bridgehead atoms. The van der Waals surface area contributed by atoms with E-state index in [1.807, 2.05) is 0 Å². The number of esters is 3. The maximum atomic E-state index is 13.2. The van der Waals surface area contributed by atoms with Gasteiger partial charge in [-0.25, -0.2) is 4.79 Å². The number of carbonyl (C=O) groups is 4. The molecule has 0 spiro atoms. The van der Waals surface area contributed by atoms with Crippen molar-refractivity contribution in [2.75, 3.05) is 13.2 Å². The Hall–Kier alpha value is -3.32. The minimum absolute atomic E-state index is 0.0568. The summed E-state index contributed by atoms with van der Waals surface area (Å²) in [5, 5.41) is 31.6. The maximum Gasteiger partial charge on any atom is 0.335 e. The van der Waals surface area contributed by atoms with Crippen LogP contribution in [0.25, 0.3) is 0 Å². The number of aliphatic hydroxyl groups excluding tert-OH is 2. The predicted molar refractivity (Wildman–Crippen MR) is 340 cm³/mol. The average Bonchev–Trinajstić information content (AvgIpc) is 3.59. The van der Waals surface area contributed by atoms with E-state index in [9.17, 15) is 34.5 Å². The third kappa shape index (κ3) is 48.5. The molecule has 3 N–H and O–H groups in total. The molecule has 0 aromatic carbocycles. The fourth-order valence-corrected chi connectivity index (χ4v) is 10.6. The quantitative estimate of drug-likeness (QED) is 0.0228. The minimum atomic E-state index is -1.91. The van der Waals surface area contributed by atoms with Gasteiger partial charge in [0.15, 0.2) is 24.6 Å². The lowest BCUT2D eigenvalue weighted by Crippen LogP contribution is -2.61. The number of hydrogen-bond acceptors (Lipinski definition) is 11. The van der Waals surface area contributed by atoms with E-state index >= 15 is 0 Å². The highest BCUT2D eigenvalue weighted by Crippen LogP contribution is 2.27. The van der Waals surface area contributed by atoms with Gasteiger partial charge in [-0.15, -0.1) is 0 Å². The van der Waals surface area contributed by atoms with Gasteiger partial charge < -0.3 is 39.0 Å². The van der Waals surface area contributed by atoms with Gasteiger partial charge in [-0.3, -0.25) is 14.4 Å². The zero-order chi connectivity index (χ0) is 60.3. The lowest BCUT2D eigenvalue weighted by atomic mass is 9.98. The number of rotatable bonds is 60. The van der Waals surface area contributed by atoms with Crippen LogP contribution in [-0.4, -0.2) is 89.2 Å². The van der Waals surface area contributed by atoms with Gasteiger partial charge in [-0.1, -0.05) is 281 Å². The molecule has 83 heavy (non-hydrogen) atoms. The first-order chi connectivity index (χ1) is 40.6. The number of carbonyl (C=O) groups excluding carboxylic acids is 3. The van der Waals surface area contributed by atoms with Crippen LogP contribution >= 0.6 is 0 Å². The molecule has 1 heterocycles. The first-order valence-corrected chi connectivity index (χ1v) is 34.6. The second-order valence-electron chi connectivity index (χ2n) is 23.8. The molecular weight excluding hydrogens is 1040 g/mol. The maximum absolute atomic E-state index is 13.2. The summed E-state index contributed by atoms with van der Waals surface area (Å²) in [6.07, 6.45) is 60.6. The smallest absolute Gasteiger partial charge is 0.335 e. The average molecular weight is 1170 g/mol. The van der Waals surface area contributed by atoms with Crippen LogP contribution in [0, 0.1) is 0 Å². The Balaban J connectivity index is 2.63. The summed E-state index contributed by atoms with van der Waals surface area (Å²) >= 11 is 0. The number of allylic oxidation sites excluding steroid dienone is 8. The fourth-order valence-electron chi connectivity index (χ4n) is 10.6. The molecule has 482 valence electrons. The highest BCUT2D eigenvalue weighted by Gasteiger charge is 2.50. The number of ether oxygens (including phenoxy) is 5. The van der Waals surface area contributed by atoms with E-state index in [1.54, 1.807) is 0 Å². The number of aliphatic hydroxyl groups is 2. The first kappa shape index (κ1) is 77.7. The number of hydrogen-bond donors (Lipinski definition) is 3. The molecule has 0 aromatic heterocycles. The largest absolute Gasteiger partial charge is 0.479 e. The van der Waals surface area contributed by atoms with Crippen LogP contribution in [0.15, 0.2) is 48.6 Å². The van der Waals surface area contributed by atoms with Crippen molar-refractivity contribution in [2.24, 2.45) is 0 Å². The molecule has 1 rings (SSSR count). The predicted octanol–water partition coefficient (Wildman–Crippen LogP) is 18.9. The summed E-state index contributed by atoms with van der Waals surface area (Å²) in [6, 6.07) is 0. The van der Waals surface area contributed by atoms with E-state index in [2.05, 4.69) is 69.4 Å². The molecule has 0 amide bonds. The van der Waals surface area contributed by atoms with Gasteiger partial charge in [0.1, 0.15) is 18.8 Å². The Morgan fingerprint density at radius 3 is 1.17 bits per heavy atom. The summed E-state index contributed by atoms with van der Waals surface area (Å²) in [4.78, 5) is 51.4. The van der Waals surface area contributed by atoms with Crippen molar-refractivity contribution in [3.63, 3.8) is 0 Å². The summed E-state index contributed by atoms with van der Waals surface area (Å²) in [5.74, 6) is -3.10. The third-order valence-corrected chi connectivity index (χ3v) is 15.9. The molecule has 1 fully saturated rings. The van der Waals surface area contributed by atoms with Crippen LogP contribution in [0.2, 0.25) is 0 Å². The number of carboxylic acid groups (broad SMARTS) is 1. The van der Waals surface area contributed by atoms with Gasteiger partial charge in [0, 0.05) is 19.3 Å². The molecule has 1 aliphatic rings. The minimum Gasteiger partial charge on any atom is -0.479 e. The number of unbranched alkanes of at least 4 members (excludes halogenated alkanes) is 38. The van der Waals surface area contributed by atoms with Crippen LogP contribution in [0.3, 0.4) is 0 Å². The highest BCUT2D eigenvalue weighted by molar-refractivity contribution is 5.74. The highest BCUT2D eigenvalue weighted by atomic mass is 16.7. The first-order valence-electron chi connectivity index (χ1n) is 34.6. The van der Waals surface area contributed by atoms with Crippen molar-refractivity contribution in [1.82, 2.24) is 0 Å². The molecule has 0 radical (unpaired) electrons. The van der Waals surface area contributed by atoms with E-state index in [1.165, 1.54) is 154 Å². The summed E-state index contributed by atoms with van der Waals surface area (Å²) in [7, 11) is 0. The zero-order valence-electron chi connectivity index (χ0n) is 53.5. The van der Waals surface area contributed by atoms with Crippen molar-refractivity contribution in [3.8, 4) is 0 Å². The Morgan fingerprint density at radius 2 is 0.759 bits per heavy atom. The standard InChI is InChI=1S/C71H126O12/c1-4-7-10-13-16-19-22-25-28-31-32-35-36-39-42-45-48-51-54-57-63(72)79-60-62(81-64(73)58-55-52-49-46-43-40-37-33-29-26-23-20-17-14-11-8-5-2)61-80-71-69(67(76)66(75)68(83-71)70(77)78)82-65(74)59-56-53-50-47-44-41-38-34-30-27-24-21-18-15-12-9-6-3/h8,11,17,20,26-27,29-30,62,66-69,71,75-76H,4-7,9-10,12-16,18-19,21-25,28,31-61H2,1-3H3,(H,77,78)/b11-8-,20-17-,29-26-,30-27-. The van der Waals surface area contributed by atoms with Gasteiger partial charge in [0.2, 0.25) is 0 Å². The second-order valence-corrected chi connectivity index (χ2v) is 23.8. The Kier molecular flexibility index (Phi) is 55.3. The monoisotopic (exact) mass is 1170 g/mol. The van der Waals surface area contributed by atoms with Crippen LogP contribution < -0.4 is 0 Å². The van der Waals surface area contributed by atoms with Crippen molar-refractivity contribution >= 4 is 23.9 Å². The van der Waals surface area contributed by atoms with Crippen LogP contribution in [0.1, 0.15) is 329 Å². The lowest BCUT2D eigenvalue weighted by Gasteiger charge is -2.40. The van der Waals surface area contributed by atoms with E-state index < -0.39 is 67.3 Å². The summed E-state index contributed by atoms with van der Waals surface area (Å²) < 4.78 is 28.6. The van der Waals surface area contributed by atoms with Crippen molar-refractivity contribution in [2.45, 2.75) is 366 Å². The Morgan fingerprint density at radius 1 is 0.410 bits per heavy atom. The summed E-state index contributed by atoms with van der Waals surface area (Å²) in [6.45, 7) is 5.93. The topological polar surface area (TPSA) is 175 Å². The molecule has 6 unspecified atom stereocenters. The van der Waals surface area contributed by atoms with E-state index in [0.717, 1.165) is 116 Å². The molecule has 1 aliphatic heterocycles. The van der Waals surface area contributed by atoms with Gasteiger partial charge in [0.05, 0.1) is 6.61 Å². The van der Waals surface area contributed by atoms with E-state index in [0.29, 0.717) is 19.3 Å². The van der Waals surface area contributed by atoms with Gasteiger partial charge in [-0.2, -0.15) is 0 Å². The SMILES string of the molecule is CC/C=C\C/C=C\C/C=C\CCCCCCCCCC(=O)OC(COC(=O)CCCCCCCCCCCCCCCCCCCCC)COC1OC(C(=O)O)C(O)C(O)C1OC(=O)CCCCCCCCC/C=C\CCCCCCCC. The molecular formula is C71H126O12. The van der Waals surface area contributed by atoms with Gasteiger partial charge in [-0.05, 0) is 77.0 Å². The molecule has 0 aliphatic carbocycles. The van der Waals surface area contributed by atoms with Crippen LogP contribution in [0.5, 0.6) is 0 Å².